The number of carbonyl (C=O) groups excluding carboxylic acids is 1. The zero-order valence-corrected chi connectivity index (χ0v) is 24.1. The van der Waals surface area contributed by atoms with Gasteiger partial charge in [-0.2, -0.15) is 5.26 Å². The van der Waals surface area contributed by atoms with Crippen LogP contribution in [0.25, 0.3) is 22.2 Å². The molecule has 0 bridgehead atoms. The third-order valence-electron chi connectivity index (χ3n) is 7.16. The third-order valence-corrected chi connectivity index (χ3v) is 8.15. The minimum Gasteiger partial charge on any atom is -0.467 e. The molecule has 2 aromatic heterocycles. The Morgan fingerprint density at radius 1 is 1.24 bits per heavy atom. The monoisotopic (exact) mass is 576 g/mol. The van der Waals surface area contributed by atoms with E-state index >= 15 is 4.39 Å². The van der Waals surface area contributed by atoms with Crippen LogP contribution in [0.3, 0.4) is 0 Å². The number of benzene rings is 2. The van der Waals surface area contributed by atoms with Gasteiger partial charge in [-0.05, 0) is 55.3 Å². The number of methoxy groups -OCH3 is 1. The molecule has 0 spiro atoms. The molecule has 212 valence electrons. The number of carbonyl (C=O) groups is 1. The van der Waals surface area contributed by atoms with Gasteiger partial charge in [0.05, 0.1) is 12.8 Å². The number of halogens is 2. The van der Waals surface area contributed by atoms with Gasteiger partial charge in [0.15, 0.2) is 10.9 Å². The van der Waals surface area contributed by atoms with Crippen molar-refractivity contribution >= 4 is 44.7 Å². The number of pyridine rings is 1. The molecule has 1 N–H and O–H groups in total. The summed E-state index contributed by atoms with van der Waals surface area (Å²) in [5, 5.41) is 14.2. The summed E-state index contributed by atoms with van der Waals surface area (Å²) in [5.74, 6) is -1.25. The predicted molar refractivity (Wildman–Crippen MR) is 157 cm³/mol. The van der Waals surface area contributed by atoms with Crippen molar-refractivity contribution < 1.29 is 18.3 Å². The molecule has 1 aliphatic heterocycles. The molecule has 4 aromatic rings. The number of nitrogens with zero attached hydrogens (tertiary/aromatic N) is 5. The fraction of sp³-hybridized carbons (Fsp3) is 0.333. The molecule has 2 aromatic carbocycles. The maximum absolute atomic E-state index is 15.9. The van der Waals surface area contributed by atoms with Crippen LogP contribution >= 0.6 is 11.3 Å². The Balaban J connectivity index is 1.69. The minimum absolute atomic E-state index is 0.0218. The van der Waals surface area contributed by atoms with E-state index in [0.29, 0.717) is 69.9 Å². The highest BCUT2D eigenvalue weighted by molar-refractivity contribution is 7.16. The number of hydrogen-bond donors (Lipinski definition) is 1. The first-order valence-corrected chi connectivity index (χ1v) is 14.2. The van der Waals surface area contributed by atoms with E-state index < -0.39 is 17.8 Å². The number of piperazine rings is 1. The molecule has 1 saturated heterocycles. The topological polar surface area (TPSA) is 94.4 Å². The minimum atomic E-state index is -0.602. The number of hydrogen-bond acceptors (Lipinski definition) is 9. The summed E-state index contributed by atoms with van der Waals surface area (Å²) in [6.07, 6.45) is 0. The van der Waals surface area contributed by atoms with E-state index in [1.54, 1.807) is 12.1 Å². The van der Waals surface area contributed by atoms with Gasteiger partial charge in [0, 0.05) is 48.5 Å². The lowest BCUT2D eigenvalue weighted by atomic mass is 10.0. The van der Waals surface area contributed by atoms with Gasteiger partial charge >= 0.3 is 5.97 Å². The quantitative estimate of drug-likeness (QED) is 0.279. The molecule has 0 saturated carbocycles. The number of aromatic nitrogens is 2. The van der Waals surface area contributed by atoms with Crippen LogP contribution in [0.15, 0.2) is 42.5 Å². The van der Waals surface area contributed by atoms with Gasteiger partial charge in [0.2, 0.25) is 0 Å². The second kappa shape index (κ2) is 11.8. The Bertz CT molecular complexity index is 1630. The lowest BCUT2D eigenvalue weighted by molar-refractivity contribution is -0.142. The zero-order valence-electron chi connectivity index (χ0n) is 23.2. The number of nitriles is 1. The number of nitrogens with one attached hydrogen (secondary N) is 1. The standard InChI is InChI=1S/C30H30F2N6O2S/c1-5-37(30-36-27(26(15-33)41-30)18-6-8-19(31)9-7-18)24-14-23(17(2)3)35-28-21(24)12-20(13-22(28)32)38-11-10-34-16-25(38)29(39)40-4/h6-9,12-14,17,25,34H,5,10-11,16H2,1-4H3. The van der Waals surface area contributed by atoms with E-state index in [9.17, 15) is 14.4 Å². The Hall–Kier alpha value is -4.14. The van der Waals surface area contributed by atoms with Crippen molar-refractivity contribution in [2.75, 3.05) is 43.1 Å². The number of ether oxygens (including phenoxy) is 1. The average Bonchev–Trinajstić information content (AvgIpc) is 3.41. The van der Waals surface area contributed by atoms with E-state index in [-0.39, 0.29) is 17.3 Å². The first-order valence-electron chi connectivity index (χ1n) is 13.4. The van der Waals surface area contributed by atoms with Crippen LogP contribution in [0, 0.1) is 23.0 Å². The summed E-state index contributed by atoms with van der Waals surface area (Å²) in [5.41, 5.74) is 3.26. The predicted octanol–water partition coefficient (Wildman–Crippen LogP) is 5.74. The Morgan fingerprint density at radius 2 is 2.00 bits per heavy atom. The largest absolute Gasteiger partial charge is 0.467 e. The Labute approximate surface area is 241 Å². The summed E-state index contributed by atoms with van der Waals surface area (Å²) in [4.78, 5) is 26.2. The van der Waals surface area contributed by atoms with Crippen molar-refractivity contribution in [2.45, 2.75) is 32.7 Å². The van der Waals surface area contributed by atoms with Crippen LogP contribution in [-0.2, 0) is 9.53 Å². The lowest BCUT2D eigenvalue weighted by Gasteiger charge is -2.36. The van der Waals surface area contributed by atoms with E-state index in [1.165, 1.54) is 36.6 Å². The summed E-state index contributed by atoms with van der Waals surface area (Å²) >= 11 is 1.22. The van der Waals surface area contributed by atoms with Crippen LogP contribution in [0.4, 0.5) is 25.3 Å². The van der Waals surface area contributed by atoms with E-state index in [2.05, 4.69) is 16.4 Å². The number of anilines is 3. The fourth-order valence-corrected chi connectivity index (χ4v) is 5.99. The molecule has 0 aliphatic carbocycles. The van der Waals surface area contributed by atoms with E-state index in [1.807, 2.05) is 42.7 Å². The molecule has 0 radical (unpaired) electrons. The number of thiazole rings is 1. The Kier molecular flexibility index (Phi) is 8.15. The second-order valence-corrected chi connectivity index (χ2v) is 11.0. The first-order chi connectivity index (χ1) is 19.7. The summed E-state index contributed by atoms with van der Waals surface area (Å²) in [7, 11) is 1.34. The summed E-state index contributed by atoms with van der Waals surface area (Å²) < 4.78 is 34.4. The highest BCUT2D eigenvalue weighted by atomic mass is 32.1. The number of rotatable bonds is 7. The number of fused-ring (bicyclic) bond motifs is 1. The lowest BCUT2D eigenvalue weighted by Crippen LogP contribution is -2.55. The highest BCUT2D eigenvalue weighted by Crippen LogP contribution is 2.41. The van der Waals surface area contributed by atoms with Crippen molar-refractivity contribution in [3.05, 3.63) is 64.7 Å². The maximum Gasteiger partial charge on any atom is 0.329 e. The smallest absolute Gasteiger partial charge is 0.329 e. The average molecular weight is 577 g/mol. The molecule has 3 heterocycles. The van der Waals surface area contributed by atoms with Crippen LogP contribution in [0.5, 0.6) is 0 Å². The zero-order chi connectivity index (χ0) is 29.3. The molecule has 1 atom stereocenters. The van der Waals surface area contributed by atoms with Gasteiger partial charge in [0.1, 0.15) is 34.0 Å². The molecular weight excluding hydrogens is 546 g/mol. The molecular formula is C30H30F2N6O2S. The van der Waals surface area contributed by atoms with Crippen LogP contribution in [0.2, 0.25) is 0 Å². The molecule has 1 unspecified atom stereocenters. The Morgan fingerprint density at radius 3 is 2.66 bits per heavy atom. The van der Waals surface area contributed by atoms with Crippen LogP contribution < -0.4 is 15.1 Å². The van der Waals surface area contributed by atoms with Gasteiger partial charge in [-0.1, -0.05) is 25.2 Å². The SMILES string of the molecule is CCN(c1nc(-c2ccc(F)cc2)c(C#N)s1)c1cc(C(C)C)nc2c(F)cc(N3CCNCC3C(=O)OC)cc12. The molecule has 1 aliphatic rings. The van der Waals surface area contributed by atoms with Gasteiger partial charge in [-0.3, -0.25) is 0 Å². The number of esters is 1. The van der Waals surface area contributed by atoms with Gasteiger partial charge in [0.25, 0.3) is 0 Å². The van der Waals surface area contributed by atoms with Crippen molar-refractivity contribution in [1.82, 2.24) is 15.3 Å². The van der Waals surface area contributed by atoms with Gasteiger partial charge < -0.3 is 19.9 Å². The maximum atomic E-state index is 15.9. The van der Waals surface area contributed by atoms with Crippen molar-refractivity contribution in [3.63, 3.8) is 0 Å². The molecule has 11 heteroatoms. The van der Waals surface area contributed by atoms with Crippen molar-refractivity contribution in [3.8, 4) is 17.3 Å². The summed E-state index contributed by atoms with van der Waals surface area (Å²) in [6, 6.07) is 12.7. The first kappa shape index (κ1) is 28.4. The molecule has 5 rings (SSSR count). The van der Waals surface area contributed by atoms with Gasteiger partial charge in [-0.25, -0.2) is 23.5 Å². The molecule has 0 amide bonds. The molecule has 41 heavy (non-hydrogen) atoms. The highest BCUT2D eigenvalue weighted by Gasteiger charge is 2.31. The normalized spacial score (nSPS) is 15.3. The van der Waals surface area contributed by atoms with Crippen LogP contribution in [-0.4, -0.2) is 55.3 Å². The van der Waals surface area contributed by atoms with Crippen LogP contribution in [0.1, 0.15) is 37.3 Å². The van der Waals surface area contributed by atoms with Crippen molar-refractivity contribution in [2.24, 2.45) is 0 Å². The van der Waals surface area contributed by atoms with E-state index in [4.69, 9.17) is 9.72 Å². The van der Waals surface area contributed by atoms with Crippen molar-refractivity contribution in [1.29, 1.82) is 5.26 Å². The van der Waals surface area contributed by atoms with Gasteiger partial charge in [-0.15, -0.1) is 0 Å². The molecule has 1 fully saturated rings. The summed E-state index contributed by atoms with van der Waals surface area (Å²) in [6.45, 7) is 7.92. The molecule has 8 nitrogen and oxygen atoms in total. The fourth-order valence-electron chi connectivity index (χ4n) is 5.03. The third kappa shape index (κ3) is 5.45. The van der Waals surface area contributed by atoms with E-state index in [0.717, 1.165) is 0 Å². The second-order valence-electron chi connectivity index (χ2n) is 10.0.